The molecule has 0 rings (SSSR count). The lowest BCUT2D eigenvalue weighted by Crippen LogP contribution is -2.30. The third kappa shape index (κ3) is 67.8. The van der Waals surface area contributed by atoms with Gasteiger partial charge in [0.2, 0.25) is 0 Å². The quantitative estimate of drug-likeness (QED) is 0.0261. The molecule has 0 spiro atoms. The predicted octanol–water partition coefficient (Wildman–Crippen LogP) is 24.7. The predicted molar refractivity (Wildman–Crippen MR) is 353 cm³/mol. The van der Waals surface area contributed by atoms with E-state index in [9.17, 15) is 14.4 Å². The van der Waals surface area contributed by atoms with Gasteiger partial charge in [0.1, 0.15) is 13.2 Å². The number of hydrogen-bond donors (Lipinski definition) is 0. The Balaban J connectivity index is 4.24. The van der Waals surface area contributed by atoms with E-state index in [-0.39, 0.29) is 31.1 Å². The summed E-state index contributed by atoms with van der Waals surface area (Å²) in [6.45, 7) is 6.59. The van der Waals surface area contributed by atoms with Crippen molar-refractivity contribution in [2.45, 2.75) is 386 Å². The Morgan fingerprint density at radius 3 is 0.765 bits per heavy atom. The summed E-state index contributed by atoms with van der Waals surface area (Å²) in [5.41, 5.74) is 0. The first-order valence-electron chi connectivity index (χ1n) is 35.8. The summed E-state index contributed by atoms with van der Waals surface area (Å²) in [6, 6.07) is 0. The molecule has 0 aliphatic heterocycles. The number of carbonyl (C=O) groups is 3. The van der Waals surface area contributed by atoms with E-state index in [1.807, 2.05) is 0 Å². The minimum atomic E-state index is -0.775. The third-order valence-corrected chi connectivity index (χ3v) is 16.0. The minimum Gasteiger partial charge on any atom is -0.462 e. The lowest BCUT2D eigenvalue weighted by molar-refractivity contribution is -0.167. The standard InChI is InChI=1S/C75H136O6/c1-4-7-10-13-16-19-22-25-27-29-31-33-35-36-37-38-40-41-43-45-47-50-53-56-59-62-65-68-74(77)80-71-72(70-79-73(76)67-64-61-58-55-52-49-24-21-18-15-12-9-6-3)81-75(78)69-66-63-60-57-54-51-48-46-44-42-39-34-32-30-28-26-23-20-17-14-11-8-5-2/h8,11,17,20,26,28-29,31-32,34,72H,4-7,9-10,12-16,18-19,21-25,27,30,33,35-71H2,1-3H3/b11-8-,20-17-,28-26-,31-29-,34-32-. The molecule has 0 aromatic rings. The van der Waals surface area contributed by atoms with Crippen molar-refractivity contribution in [2.24, 2.45) is 0 Å². The van der Waals surface area contributed by atoms with Crippen molar-refractivity contribution < 1.29 is 28.6 Å². The summed E-state index contributed by atoms with van der Waals surface area (Å²) in [7, 11) is 0. The molecule has 472 valence electrons. The maximum Gasteiger partial charge on any atom is 0.306 e. The van der Waals surface area contributed by atoms with Gasteiger partial charge in [-0.05, 0) is 83.5 Å². The van der Waals surface area contributed by atoms with Gasteiger partial charge in [0, 0.05) is 19.3 Å². The molecule has 0 aliphatic rings. The Morgan fingerprint density at radius 1 is 0.259 bits per heavy atom. The van der Waals surface area contributed by atoms with Crippen LogP contribution in [0.15, 0.2) is 60.8 Å². The van der Waals surface area contributed by atoms with Crippen molar-refractivity contribution in [3.05, 3.63) is 60.8 Å². The summed E-state index contributed by atoms with van der Waals surface area (Å²) in [5, 5.41) is 0. The van der Waals surface area contributed by atoms with Gasteiger partial charge in [0.05, 0.1) is 0 Å². The van der Waals surface area contributed by atoms with Crippen LogP contribution >= 0.6 is 0 Å². The largest absolute Gasteiger partial charge is 0.462 e. The molecule has 6 heteroatoms. The normalized spacial score (nSPS) is 12.4. The molecule has 0 heterocycles. The molecule has 6 nitrogen and oxygen atoms in total. The van der Waals surface area contributed by atoms with E-state index in [2.05, 4.69) is 81.5 Å². The van der Waals surface area contributed by atoms with Crippen LogP contribution in [-0.2, 0) is 28.6 Å². The topological polar surface area (TPSA) is 78.9 Å². The SMILES string of the molecule is CC/C=C\C/C=C\C/C=C\C/C=C\CCCCCCCCCCCCC(=O)OC(COC(=O)CCCCCCCCCCCCCCC)COC(=O)CCCCCCCCCCCCCCCCC/C=C\CCCCCCCCCC. The molecule has 0 aliphatic carbocycles. The van der Waals surface area contributed by atoms with Gasteiger partial charge in [0.25, 0.3) is 0 Å². The Labute approximate surface area is 504 Å². The highest BCUT2D eigenvalue weighted by atomic mass is 16.6. The highest BCUT2D eigenvalue weighted by Gasteiger charge is 2.19. The minimum absolute atomic E-state index is 0.0710. The van der Waals surface area contributed by atoms with Crippen LogP contribution in [0.5, 0.6) is 0 Å². The molecule has 1 atom stereocenters. The first-order chi connectivity index (χ1) is 40.0. The van der Waals surface area contributed by atoms with Crippen LogP contribution in [-0.4, -0.2) is 37.2 Å². The van der Waals surface area contributed by atoms with Crippen LogP contribution in [0.4, 0.5) is 0 Å². The zero-order chi connectivity index (χ0) is 58.5. The summed E-state index contributed by atoms with van der Waals surface area (Å²) >= 11 is 0. The number of esters is 3. The fourth-order valence-corrected chi connectivity index (χ4v) is 10.7. The van der Waals surface area contributed by atoms with E-state index in [1.54, 1.807) is 0 Å². The molecule has 81 heavy (non-hydrogen) atoms. The third-order valence-electron chi connectivity index (χ3n) is 16.0. The smallest absolute Gasteiger partial charge is 0.306 e. The number of carbonyl (C=O) groups excluding carboxylic acids is 3. The molecule has 0 amide bonds. The zero-order valence-corrected chi connectivity index (χ0v) is 54.3. The van der Waals surface area contributed by atoms with Gasteiger partial charge >= 0.3 is 17.9 Å². The van der Waals surface area contributed by atoms with Crippen LogP contribution < -0.4 is 0 Å². The van der Waals surface area contributed by atoms with E-state index < -0.39 is 6.10 Å². The van der Waals surface area contributed by atoms with E-state index >= 15 is 0 Å². The first-order valence-corrected chi connectivity index (χ1v) is 35.8. The fraction of sp³-hybridized carbons (Fsp3) is 0.827. The summed E-state index contributed by atoms with van der Waals surface area (Å²) < 4.78 is 17.0. The molecule has 0 saturated carbocycles. The Morgan fingerprint density at radius 2 is 0.481 bits per heavy atom. The van der Waals surface area contributed by atoms with Crippen LogP contribution in [0.2, 0.25) is 0 Å². The Hall–Kier alpha value is -2.89. The van der Waals surface area contributed by atoms with E-state index in [0.29, 0.717) is 19.3 Å². The van der Waals surface area contributed by atoms with Crippen LogP contribution in [0, 0.1) is 0 Å². The lowest BCUT2D eigenvalue weighted by atomic mass is 10.0. The molecule has 0 aromatic heterocycles. The van der Waals surface area contributed by atoms with Gasteiger partial charge in [-0.2, -0.15) is 0 Å². The average Bonchev–Trinajstić information content (AvgIpc) is 3.46. The van der Waals surface area contributed by atoms with E-state index in [4.69, 9.17) is 14.2 Å². The first kappa shape index (κ1) is 78.1. The van der Waals surface area contributed by atoms with Crippen LogP contribution in [0.3, 0.4) is 0 Å². The molecule has 1 unspecified atom stereocenters. The fourth-order valence-electron chi connectivity index (χ4n) is 10.7. The maximum atomic E-state index is 13.0. The second kappa shape index (κ2) is 69.6. The highest BCUT2D eigenvalue weighted by molar-refractivity contribution is 5.71. The molecule has 0 bridgehead atoms. The number of hydrogen-bond acceptors (Lipinski definition) is 6. The highest BCUT2D eigenvalue weighted by Crippen LogP contribution is 2.18. The molecule has 0 fully saturated rings. The van der Waals surface area contributed by atoms with Crippen molar-refractivity contribution in [2.75, 3.05) is 13.2 Å². The van der Waals surface area contributed by atoms with E-state index in [1.165, 1.54) is 257 Å². The van der Waals surface area contributed by atoms with Crippen molar-refractivity contribution in [1.82, 2.24) is 0 Å². The average molecular weight is 1130 g/mol. The van der Waals surface area contributed by atoms with Crippen molar-refractivity contribution in [3.8, 4) is 0 Å². The maximum absolute atomic E-state index is 13.0. The molecule has 0 saturated heterocycles. The second-order valence-electron chi connectivity index (χ2n) is 24.1. The number of rotatable bonds is 66. The van der Waals surface area contributed by atoms with Crippen molar-refractivity contribution >= 4 is 17.9 Å². The zero-order valence-electron chi connectivity index (χ0n) is 54.3. The van der Waals surface area contributed by atoms with E-state index in [0.717, 1.165) is 83.5 Å². The van der Waals surface area contributed by atoms with Gasteiger partial charge < -0.3 is 14.2 Å². The number of allylic oxidation sites excluding steroid dienone is 10. The van der Waals surface area contributed by atoms with Gasteiger partial charge in [-0.15, -0.1) is 0 Å². The molecule has 0 aromatic carbocycles. The van der Waals surface area contributed by atoms with Crippen LogP contribution in [0.1, 0.15) is 380 Å². The van der Waals surface area contributed by atoms with Crippen molar-refractivity contribution in [1.29, 1.82) is 0 Å². The number of ether oxygens (including phenoxy) is 3. The van der Waals surface area contributed by atoms with Gasteiger partial charge in [-0.3, -0.25) is 14.4 Å². The van der Waals surface area contributed by atoms with Gasteiger partial charge in [0.15, 0.2) is 6.10 Å². The molecular formula is C75H136O6. The summed E-state index contributed by atoms with van der Waals surface area (Å²) in [5.74, 6) is -0.850. The molecule has 0 radical (unpaired) electrons. The van der Waals surface area contributed by atoms with Crippen LogP contribution in [0.25, 0.3) is 0 Å². The number of unbranched alkanes of at least 4 members (excludes halogenated alkanes) is 45. The van der Waals surface area contributed by atoms with Gasteiger partial charge in [-0.25, -0.2) is 0 Å². The van der Waals surface area contributed by atoms with Gasteiger partial charge in [-0.1, -0.05) is 338 Å². The summed E-state index contributed by atoms with van der Waals surface area (Å²) in [6.07, 6.45) is 89.7. The second-order valence-corrected chi connectivity index (χ2v) is 24.1. The lowest BCUT2D eigenvalue weighted by Gasteiger charge is -2.18. The van der Waals surface area contributed by atoms with Crippen molar-refractivity contribution in [3.63, 3.8) is 0 Å². The monoisotopic (exact) mass is 1130 g/mol. The Bertz CT molecular complexity index is 1440. The molecular weight excluding hydrogens is 997 g/mol. The Kier molecular flexibility index (Phi) is 67.1. The summed E-state index contributed by atoms with van der Waals surface area (Å²) in [4.78, 5) is 38.4. The molecule has 0 N–H and O–H groups in total.